The van der Waals surface area contributed by atoms with E-state index >= 15 is 0 Å². The third-order valence-corrected chi connectivity index (χ3v) is 4.51. The highest BCUT2D eigenvalue weighted by molar-refractivity contribution is 7.99. The minimum atomic E-state index is -0.309. The Hall–Kier alpha value is -1.07. The van der Waals surface area contributed by atoms with Crippen molar-refractivity contribution in [2.45, 2.75) is 32.4 Å². The molecule has 2 atom stereocenters. The Morgan fingerprint density at radius 1 is 1.56 bits per heavy atom. The molecule has 2 rings (SSSR count). The number of aryl methyl sites for hydroxylation is 1. The van der Waals surface area contributed by atoms with E-state index in [0.717, 1.165) is 11.3 Å². The minimum absolute atomic E-state index is 0.160. The van der Waals surface area contributed by atoms with Gasteiger partial charge >= 0.3 is 0 Å². The first-order valence-corrected chi connectivity index (χ1v) is 7.32. The molecule has 0 aliphatic carbocycles. The molecule has 18 heavy (non-hydrogen) atoms. The molecule has 1 aliphatic heterocycles. The molecular weight excluding hydrogens is 248 g/mol. The quantitative estimate of drug-likeness (QED) is 0.672. The molecule has 4 nitrogen and oxygen atoms in total. The number of nitrogens with one attached hydrogen (secondary N) is 1. The van der Waals surface area contributed by atoms with Crippen LogP contribution in [0, 0.1) is 17.0 Å². The Bertz CT molecular complexity index is 445. The number of nitro benzene ring substituents is 1. The van der Waals surface area contributed by atoms with Gasteiger partial charge in [-0.15, -0.1) is 0 Å². The summed E-state index contributed by atoms with van der Waals surface area (Å²) in [5, 5.41) is 14.5. The average molecular weight is 266 g/mol. The highest BCUT2D eigenvalue weighted by Gasteiger charge is 2.19. The fourth-order valence-electron chi connectivity index (χ4n) is 2.21. The number of hydrogen-bond donors (Lipinski definition) is 1. The Morgan fingerprint density at radius 2 is 2.33 bits per heavy atom. The second-order valence-electron chi connectivity index (χ2n) is 4.75. The summed E-state index contributed by atoms with van der Waals surface area (Å²) in [7, 11) is 0. The van der Waals surface area contributed by atoms with Crippen molar-refractivity contribution < 1.29 is 4.92 Å². The number of thioether (sulfide) groups is 1. The number of hydrogen-bond acceptors (Lipinski definition) is 4. The molecule has 1 aromatic carbocycles. The van der Waals surface area contributed by atoms with E-state index in [2.05, 4.69) is 12.2 Å². The van der Waals surface area contributed by atoms with Crippen molar-refractivity contribution in [2.75, 3.05) is 11.5 Å². The molecule has 1 aromatic rings. The molecule has 0 saturated carbocycles. The molecule has 0 bridgehead atoms. The number of nitro groups is 1. The second-order valence-corrected chi connectivity index (χ2v) is 5.90. The molecule has 0 spiro atoms. The molecule has 5 heteroatoms. The maximum Gasteiger partial charge on any atom is 0.272 e. The van der Waals surface area contributed by atoms with Gasteiger partial charge < -0.3 is 5.32 Å². The van der Waals surface area contributed by atoms with Crippen LogP contribution in [0.5, 0.6) is 0 Å². The molecule has 0 aromatic heterocycles. The molecule has 1 aliphatic rings. The molecule has 1 N–H and O–H groups in total. The molecular formula is C13H18N2O2S. The summed E-state index contributed by atoms with van der Waals surface area (Å²) in [5.41, 5.74) is 1.92. The van der Waals surface area contributed by atoms with Gasteiger partial charge in [-0.1, -0.05) is 12.1 Å². The smallest absolute Gasteiger partial charge is 0.272 e. The first-order valence-electron chi connectivity index (χ1n) is 6.16. The maximum atomic E-state index is 10.9. The molecule has 1 heterocycles. The largest absolute Gasteiger partial charge is 0.307 e. The third kappa shape index (κ3) is 3.03. The van der Waals surface area contributed by atoms with Crippen LogP contribution < -0.4 is 5.32 Å². The lowest BCUT2D eigenvalue weighted by Gasteiger charge is -2.19. The predicted molar refractivity (Wildman–Crippen MR) is 75.1 cm³/mol. The minimum Gasteiger partial charge on any atom is -0.307 e. The van der Waals surface area contributed by atoms with Crippen LogP contribution in [0.1, 0.15) is 30.5 Å². The zero-order valence-corrected chi connectivity index (χ0v) is 11.5. The molecule has 1 saturated heterocycles. The number of rotatable bonds is 4. The van der Waals surface area contributed by atoms with Crippen molar-refractivity contribution in [1.82, 2.24) is 5.32 Å². The third-order valence-electron chi connectivity index (χ3n) is 3.35. The van der Waals surface area contributed by atoms with Crippen LogP contribution >= 0.6 is 11.8 Å². The summed E-state index contributed by atoms with van der Waals surface area (Å²) in [6.07, 6.45) is 1.18. The fourth-order valence-corrected chi connectivity index (χ4v) is 3.37. The van der Waals surface area contributed by atoms with Gasteiger partial charge in [0.15, 0.2) is 0 Å². The topological polar surface area (TPSA) is 55.2 Å². The molecule has 98 valence electrons. The molecule has 1 fully saturated rings. The van der Waals surface area contributed by atoms with Crippen LogP contribution in [0.4, 0.5) is 5.69 Å². The monoisotopic (exact) mass is 266 g/mol. The van der Waals surface area contributed by atoms with E-state index in [1.165, 1.54) is 12.2 Å². The highest BCUT2D eigenvalue weighted by Crippen LogP contribution is 2.25. The van der Waals surface area contributed by atoms with Crippen molar-refractivity contribution in [3.63, 3.8) is 0 Å². The van der Waals surface area contributed by atoms with Crippen molar-refractivity contribution in [3.05, 3.63) is 39.4 Å². The second kappa shape index (κ2) is 5.71. The van der Waals surface area contributed by atoms with Crippen molar-refractivity contribution >= 4 is 17.4 Å². The van der Waals surface area contributed by atoms with Gasteiger partial charge in [0.25, 0.3) is 5.69 Å². The fraction of sp³-hybridized carbons (Fsp3) is 0.538. The zero-order chi connectivity index (χ0) is 13.1. The predicted octanol–water partition coefficient (Wildman–Crippen LogP) is 3.06. The Labute approximate surface area is 111 Å². The standard InChI is InChI=1S/C13H18N2O2S/c1-9-3-4-11(7-13(9)15(16)17)10(2)14-12-5-6-18-8-12/h3-4,7,10,12,14H,5-6,8H2,1-2H3. The van der Waals surface area contributed by atoms with Crippen molar-refractivity contribution in [1.29, 1.82) is 0 Å². The molecule has 2 unspecified atom stereocenters. The summed E-state index contributed by atoms with van der Waals surface area (Å²) < 4.78 is 0. The van der Waals surface area contributed by atoms with Crippen molar-refractivity contribution in [3.8, 4) is 0 Å². The van der Waals surface area contributed by atoms with E-state index in [1.807, 2.05) is 23.9 Å². The van der Waals surface area contributed by atoms with E-state index < -0.39 is 0 Å². The van der Waals surface area contributed by atoms with Gasteiger partial charge in [-0.2, -0.15) is 11.8 Å². The van der Waals surface area contributed by atoms with E-state index in [4.69, 9.17) is 0 Å². The van der Waals surface area contributed by atoms with Gasteiger partial charge in [0.1, 0.15) is 0 Å². The van der Waals surface area contributed by atoms with Crippen LogP contribution in [0.25, 0.3) is 0 Å². The Morgan fingerprint density at radius 3 is 2.94 bits per heavy atom. The van der Waals surface area contributed by atoms with E-state index in [1.54, 1.807) is 13.0 Å². The lowest BCUT2D eigenvalue weighted by Crippen LogP contribution is -2.31. The van der Waals surface area contributed by atoms with E-state index in [9.17, 15) is 10.1 Å². The van der Waals surface area contributed by atoms with Crippen LogP contribution in [0.3, 0.4) is 0 Å². The van der Waals surface area contributed by atoms with Gasteiger partial charge in [-0.3, -0.25) is 10.1 Å². The summed E-state index contributed by atoms with van der Waals surface area (Å²) in [4.78, 5) is 10.6. The van der Waals surface area contributed by atoms with Gasteiger partial charge in [0, 0.05) is 29.5 Å². The zero-order valence-electron chi connectivity index (χ0n) is 10.7. The lowest BCUT2D eigenvalue weighted by atomic mass is 10.0. The summed E-state index contributed by atoms with van der Waals surface area (Å²) in [6, 6.07) is 6.19. The van der Waals surface area contributed by atoms with Crippen LogP contribution in [0.15, 0.2) is 18.2 Å². The van der Waals surface area contributed by atoms with Crippen LogP contribution in [0.2, 0.25) is 0 Å². The van der Waals surface area contributed by atoms with Crippen molar-refractivity contribution in [2.24, 2.45) is 0 Å². The lowest BCUT2D eigenvalue weighted by molar-refractivity contribution is -0.385. The SMILES string of the molecule is Cc1ccc(C(C)NC2CCSC2)cc1[N+](=O)[O-]. The van der Waals surface area contributed by atoms with Gasteiger partial charge in [-0.25, -0.2) is 0 Å². The average Bonchev–Trinajstić information content (AvgIpc) is 2.81. The van der Waals surface area contributed by atoms with E-state index in [-0.39, 0.29) is 16.7 Å². The maximum absolute atomic E-state index is 10.9. The summed E-state index contributed by atoms with van der Waals surface area (Å²) in [6.45, 7) is 3.84. The first-order chi connectivity index (χ1) is 8.58. The van der Waals surface area contributed by atoms with Crippen LogP contribution in [-0.2, 0) is 0 Å². The summed E-state index contributed by atoms with van der Waals surface area (Å²) in [5.74, 6) is 2.34. The normalized spacial score (nSPS) is 20.9. The molecule has 0 radical (unpaired) electrons. The molecule has 0 amide bonds. The van der Waals surface area contributed by atoms with Gasteiger partial charge in [0.05, 0.1) is 4.92 Å². The van der Waals surface area contributed by atoms with Crippen LogP contribution in [-0.4, -0.2) is 22.5 Å². The number of nitrogens with zero attached hydrogens (tertiary/aromatic N) is 1. The summed E-state index contributed by atoms with van der Waals surface area (Å²) >= 11 is 1.96. The Balaban J connectivity index is 2.11. The first kappa shape index (κ1) is 13.4. The van der Waals surface area contributed by atoms with Gasteiger partial charge in [-0.05, 0) is 31.6 Å². The highest BCUT2D eigenvalue weighted by atomic mass is 32.2. The van der Waals surface area contributed by atoms with E-state index in [0.29, 0.717) is 11.6 Å². The van der Waals surface area contributed by atoms with Gasteiger partial charge in [0.2, 0.25) is 0 Å². The Kier molecular flexibility index (Phi) is 4.24. The number of benzene rings is 1.